The highest BCUT2D eigenvalue weighted by molar-refractivity contribution is 5.76. The Bertz CT molecular complexity index is 543. The highest BCUT2D eigenvalue weighted by Gasteiger charge is 2.29. The molecule has 16 heavy (non-hydrogen) atoms. The topological polar surface area (TPSA) is 38.1 Å². The molecule has 84 valence electrons. The second-order valence-corrected chi connectivity index (χ2v) is 4.38. The molecule has 1 fully saturated rings. The van der Waals surface area contributed by atoms with Gasteiger partial charge in [-0.2, -0.15) is 0 Å². The summed E-state index contributed by atoms with van der Waals surface area (Å²) in [7, 11) is 0. The van der Waals surface area contributed by atoms with Gasteiger partial charge in [0.2, 0.25) is 0 Å². The first-order chi connectivity index (χ1) is 7.66. The lowest BCUT2D eigenvalue weighted by Crippen LogP contribution is -2.04. The van der Waals surface area contributed by atoms with Gasteiger partial charge in [-0.25, -0.2) is 9.37 Å². The van der Waals surface area contributed by atoms with Crippen LogP contribution in [0.15, 0.2) is 18.2 Å². The van der Waals surface area contributed by atoms with Gasteiger partial charge in [-0.15, -0.1) is 0 Å². The van der Waals surface area contributed by atoms with Gasteiger partial charge in [0.1, 0.15) is 17.7 Å². The van der Waals surface area contributed by atoms with Gasteiger partial charge in [0.05, 0.1) is 11.0 Å². The third-order valence-electron chi connectivity index (χ3n) is 2.96. The minimum atomic E-state index is -0.615. The van der Waals surface area contributed by atoms with Crippen molar-refractivity contribution in [3.63, 3.8) is 0 Å². The molecule has 2 aromatic rings. The average Bonchev–Trinajstić information content (AvgIpc) is 2.99. The predicted octanol–water partition coefficient (Wildman–Crippen LogP) is 2.56. The molecular weight excluding hydrogens is 207 g/mol. The Morgan fingerprint density at radius 3 is 2.88 bits per heavy atom. The smallest absolute Gasteiger partial charge is 0.138 e. The number of nitrogens with zero attached hydrogens (tertiary/aromatic N) is 2. The van der Waals surface area contributed by atoms with Crippen molar-refractivity contribution in [1.82, 2.24) is 9.55 Å². The van der Waals surface area contributed by atoms with Gasteiger partial charge >= 0.3 is 0 Å². The van der Waals surface area contributed by atoms with Crippen LogP contribution in [0.5, 0.6) is 0 Å². The fraction of sp³-hybridized carbons (Fsp3) is 0.417. The van der Waals surface area contributed by atoms with Crippen molar-refractivity contribution in [3.8, 4) is 0 Å². The number of aliphatic hydroxyl groups excluding tert-OH is 1. The first-order valence-electron chi connectivity index (χ1n) is 5.52. The van der Waals surface area contributed by atoms with Crippen molar-refractivity contribution in [3.05, 3.63) is 29.8 Å². The highest BCUT2D eigenvalue weighted by atomic mass is 19.1. The van der Waals surface area contributed by atoms with E-state index in [1.165, 1.54) is 12.1 Å². The Labute approximate surface area is 92.5 Å². The number of aliphatic hydroxyl groups is 1. The molecule has 1 aromatic carbocycles. The van der Waals surface area contributed by atoms with E-state index in [9.17, 15) is 9.50 Å². The van der Waals surface area contributed by atoms with Crippen molar-refractivity contribution in [2.24, 2.45) is 0 Å². The lowest BCUT2D eigenvalue weighted by Gasteiger charge is -2.09. The zero-order chi connectivity index (χ0) is 11.3. The minimum absolute atomic E-state index is 0.258. The van der Waals surface area contributed by atoms with Gasteiger partial charge in [0, 0.05) is 6.04 Å². The van der Waals surface area contributed by atoms with Crippen molar-refractivity contribution in [2.45, 2.75) is 31.9 Å². The Balaban J connectivity index is 2.29. The molecule has 1 heterocycles. The van der Waals surface area contributed by atoms with Crippen molar-refractivity contribution in [2.75, 3.05) is 0 Å². The molecule has 1 N–H and O–H groups in total. The number of fused-ring (bicyclic) bond motifs is 1. The molecule has 0 bridgehead atoms. The molecule has 1 aliphatic carbocycles. The van der Waals surface area contributed by atoms with Gasteiger partial charge in [-0.3, -0.25) is 0 Å². The summed E-state index contributed by atoms with van der Waals surface area (Å²) in [5.74, 6) is 0.384. The summed E-state index contributed by atoms with van der Waals surface area (Å²) in [4.78, 5) is 4.36. The molecule has 0 saturated heterocycles. The highest BCUT2D eigenvalue weighted by Crippen LogP contribution is 2.39. The summed E-state index contributed by atoms with van der Waals surface area (Å²) in [6.07, 6.45) is 1.56. The van der Waals surface area contributed by atoms with Gasteiger partial charge in [-0.05, 0) is 38.0 Å². The van der Waals surface area contributed by atoms with Crippen LogP contribution in [-0.2, 0) is 0 Å². The second kappa shape index (κ2) is 3.28. The Hall–Kier alpha value is -1.42. The van der Waals surface area contributed by atoms with Crippen LogP contribution in [0.1, 0.15) is 37.7 Å². The third kappa shape index (κ3) is 1.41. The normalized spacial score (nSPS) is 17.9. The third-order valence-corrected chi connectivity index (χ3v) is 2.96. The van der Waals surface area contributed by atoms with E-state index in [1.54, 1.807) is 13.0 Å². The van der Waals surface area contributed by atoms with E-state index >= 15 is 0 Å². The van der Waals surface area contributed by atoms with Gasteiger partial charge in [0.15, 0.2) is 0 Å². The fourth-order valence-corrected chi connectivity index (χ4v) is 2.10. The van der Waals surface area contributed by atoms with Crippen LogP contribution in [0.2, 0.25) is 0 Å². The molecule has 3 nitrogen and oxygen atoms in total. The molecular formula is C12H13FN2O. The summed E-state index contributed by atoms with van der Waals surface area (Å²) >= 11 is 0. The van der Waals surface area contributed by atoms with Gasteiger partial charge in [0.25, 0.3) is 0 Å². The van der Waals surface area contributed by atoms with Crippen LogP contribution in [0.25, 0.3) is 11.0 Å². The van der Waals surface area contributed by atoms with Gasteiger partial charge < -0.3 is 9.67 Å². The Morgan fingerprint density at radius 1 is 1.50 bits per heavy atom. The number of halogens is 1. The molecule has 1 unspecified atom stereocenters. The van der Waals surface area contributed by atoms with Gasteiger partial charge in [-0.1, -0.05) is 0 Å². The molecule has 3 rings (SSSR count). The molecule has 1 aliphatic rings. The quantitative estimate of drug-likeness (QED) is 0.844. The van der Waals surface area contributed by atoms with E-state index < -0.39 is 6.10 Å². The van der Waals surface area contributed by atoms with E-state index in [1.807, 2.05) is 4.57 Å². The van der Waals surface area contributed by atoms with Crippen molar-refractivity contribution >= 4 is 11.0 Å². The average molecular weight is 220 g/mol. The number of hydrogen-bond donors (Lipinski definition) is 1. The molecule has 1 aromatic heterocycles. The minimum Gasteiger partial charge on any atom is -0.385 e. The van der Waals surface area contributed by atoms with Crippen LogP contribution < -0.4 is 0 Å². The van der Waals surface area contributed by atoms with E-state index in [2.05, 4.69) is 4.98 Å². The second-order valence-electron chi connectivity index (χ2n) is 4.38. The monoisotopic (exact) mass is 220 g/mol. The standard InChI is InChI=1S/C12H13FN2O/c1-7(16)12-14-10-5-2-8(13)6-11(10)15(12)9-3-4-9/h2,5-7,9,16H,3-4H2,1H3. The maximum atomic E-state index is 13.2. The molecule has 1 saturated carbocycles. The zero-order valence-corrected chi connectivity index (χ0v) is 9.02. The lowest BCUT2D eigenvalue weighted by atomic mass is 10.3. The number of benzene rings is 1. The van der Waals surface area contributed by atoms with Crippen molar-refractivity contribution < 1.29 is 9.50 Å². The first kappa shape index (κ1) is 9.78. The fourth-order valence-electron chi connectivity index (χ4n) is 2.10. The van der Waals surface area contributed by atoms with E-state index in [-0.39, 0.29) is 5.82 Å². The van der Waals surface area contributed by atoms with E-state index in [4.69, 9.17) is 0 Å². The number of aromatic nitrogens is 2. The van der Waals surface area contributed by atoms with Crippen LogP contribution in [0.3, 0.4) is 0 Å². The number of rotatable bonds is 2. The largest absolute Gasteiger partial charge is 0.385 e. The molecule has 0 aliphatic heterocycles. The predicted molar refractivity (Wildman–Crippen MR) is 58.6 cm³/mol. The van der Waals surface area contributed by atoms with Crippen molar-refractivity contribution in [1.29, 1.82) is 0 Å². The summed E-state index contributed by atoms with van der Waals surface area (Å²) < 4.78 is 15.2. The summed E-state index contributed by atoms with van der Waals surface area (Å²) in [5.41, 5.74) is 1.54. The molecule has 0 spiro atoms. The Kier molecular flexibility index (Phi) is 2.01. The van der Waals surface area contributed by atoms with E-state index in [0.29, 0.717) is 11.9 Å². The van der Waals surface area contributed by atoms with Crippen LogP contribution in [0, 0.1) is 5.82 Å². The van der Waals surface area contributed by atoms with Crippen LogP contribution in [-0.4, -0.2) is 14.7 Å². The molecule has 4 heteroatoms. The zero-order valence-electron chi connectivity index (χ0n) is 9.02. The molecule has 1 atom stereocenters. The summed E-state index contributed by atoms with van der Waals surface area (Å²) in [6, 6.07) is 4.94. The first-order valence-corrected chi connectivity index (χ1v) is 5.52. The summed E-state index contributed by atoms with van der Waals surface area (Å²) in [5, 5.41) is 9.67. The van der Waals surface area contributed by atoms with Crippen LogP contribution >= 0.6 is 0 Å². The Morgan fingerprint density at radius 2 is 2.25 bits per heavy atom. The number of hydrogen-bond acceptors (Lipinski definition) is 2. The summed E-state index contributed by atoms with van der Waals surface area (Å²) in [6.45, 7) is 1.69. The number of imidazole rings is 1. The molecule has 0 amide bonds. The molecule has 0 radical (unpaired) electrons. The maximum absolute atomic E-state index is 13.2. The lowest BCUT2D eigenvalue weighted by molar-refractivity contribution is 0.184. The van der Waals surface area contributed by atoms with Crippen LogP contribution in [0.4, 0.5) is 4.39 Å². The van der Waals surface area contributed by atoms with E-state index in [0.717, 1.165) is 23.9 Å². The maximum Gasteiger partial charge on any atom is 0.138 e. The SMILES string of the molecule is CC(O)c1nc2ccc(F)cc2n1C1CC1.